The van der Waals surface area contributed by atoms with Gasteiger partial charge < -0.3 is 20.1 Å². The van der Waals surface area contributed by atoms with Gasteiger partial charge in [-0.2, -0.15) is 47.5 Å². The van der Waals surface area contributed by atoms with Crippen molar-refractivity contribution in [3.8, 4) is 0 Å². The summed E-state index contributed by atoms with van der Waals surface area (Å²) >= 11 is 0. The Bertz CT molecular complexity index is 1360. The quantitative estimate of drug-likeness (QED) is 0.130. The van der Waals surface area contributed by atoms with E-state index in [4.69, 9.17) is 4.74 Å². The zero-order valence-corrected chi connectivity index (χ0v) is 29.6. The van der Waals surface area contributed by atoms with Gasteiger partial charge in [0, 0.05) is 37.0 Å². The molecule has 10 unspecified atom stereocenters. The average Bonchev–Trinajstić information content (AvgIpc) is 3.02. The van der Waals surface area contributed by atoms with Gasteiger partial charge in [0.1, 0.15) is 11.3 Å². The molecule has 0 aromatic rings. The van der Waals surface area contributed by atoms with Gasteiger partial charge in [0.25, 0.3) is 20.2 Å². The van der Waals surface area contributed by atoms with E-state index in [1.807, 2.05) is 0 Å². The smallest absolute Gasteiger partial charge is 0.270 e. The Labute approximate surface area is 293 Å². The maximum absolute atomic E-state index is 12.5. The fourth-order valence-electron chi connectivity index (χ4n) is 8.21. The number of ether oxygens (including phenoxy) is 1. The Morgan fingerprint density at radius 2 is 1.17 bits per heavy atom. The predicted molar refractivity (Wildman–Crippen MR) is 168 cm³/mol. The zero-order chi connectivity index (χ0) is 33.9. The second-order valence-electron chi connectivity index (χ2n) is 14.2. The minimum Gasteiger partial charge on any atom is -0.393 e. The number of fused-ring (bicyclic) bond motifs is 1. The minimum atomic E-state index is -4.58. The summed E-state index contributed by atoms with van der Waals surface area (Å²) in [4.78, 5) is 0. The molecule has 5 fully saturated rings. The molecule has 0 amide bonds. The molecule has 5 aliphatic carbocycles. The summed E-state index contributed by atoms with van der Waals surface area (Å²) in [6.45, 7) is 0. The van der Waals surface area contributed by atoms with Crippen LogP contribution in [0.25, 0.3) is 0 Å². The van der Waals surface area contributed by atoms with E-state index in [-0.39, 0.29) is 72.4 Å². The van der Waals surface area contributed by atoms with Gasteiger partial charge in [-0.3, -0.25) is 9.11 Å². The number of azo groups is 3. The van der Waals surface area contributed by atoms with Crippen LogP contribution in [0.15, 0.2) is 30.7 Å². The Kier molecular flexibility index (Phi) is 14.1. The Morgan fingerprint density at radius 1 is 0.604 bits per heavy atom. The molecule has 5 saturated carbocycles. The molecular weight excluding hydrogens is 720 g/mol. The van der Waals surface area contributed by atoms with Crippen LogP contribution in [0.2, 0.25) is 0 Å². The molecule has 5 rings (SSSR count). The molecule has 0 aromatic carbocycles. The van der Waals surface area contributed by atoms with E-state index < -0.39 is 67.2 Å². The zero-order valence-electron chi connectivity index (χ0n) is 27.1. The van der Waals surface area contributed by atoms with Gasteiger partial charge in [-0.05, 0) is 88.9 Å². The molecular formula is C29H50CuN6O10S2. The van der Waals surface area contributed by atoms with Gasteiger partial charge in [-0.25, -0.2) is 0 Å². The molecule has 10 atom stereocenters. The first-order chi connectivity index (χ1) is 22.2. The van der Waals surface area contributed by atoms with E-state index in [0.29, 0.717) is 57.8 Å². The maximum Gasteiger partial charge on any atom is 0.270 e. The second kappa shape index (κ2) is 17.0. The van der Waals surface area contributed by atoms with E-state index in [1.165, 1.54) is 7.11 Å². The second-order valence-corrected chi connectivity index (χ2v) is 17.5. The largest absolute Gasteiger partial charge is 0.393 e. The molecule has 0 aromatic heterocycles. The van der Waals surface area contributed by atoms with Gasteiger partial charge in [0.05, 0.1) is 59.9 Å². The monoisotopic (exact) mass is 769 g/mol. The van der Waals surface area contributed by atoms with Crippen molar-refractivity contribution in [1.29, 1.82) is 0 Å². The number of aliphatic hydroxyl groups excluding tert-OH is 3. The topological polar surface area (TPSA) is 253 Å². The Morgan fingerprint density at radius 3 is 1.77 bits per heavy atom. The van der Waals surface area contributed by atoms with E-state index in [9.17, 15) is 41.3 Å². The molecule has 0 heterocycles. The first-order valence-corrected chi connectivity index (χ1v) is 19.9. The van der Waals surface area contributed by atoms with Gasteiger partial charge in [-0.15, -0.1) is 0 Å². The molecule has 0 spiro atoms. The van der Waals surface area contributed by atoms with Gasteiger partial charge >= 0.3 is 0 Å². The first-order valence-electron chi connectivity index (χ1n) is 16.9. The number of nitrogens with zero attached hydrogens (tertiary/aromatic N) is 6. The van der Waals surface area contributed by atoms with Crippen molar-refractivity contribution in [2.75, 3.05) is 7.11 Å². The predicted octanol–water partition coefficient (Wildman–Crippen LogP) is 2.92. The third kappa shape index (κ3) is 10.1. The molecule has 0 aliphatic heterocycles. The number of aliphatic hydroxyl groups is 3. The molecule has 48 heavy (non-hydrogen) atoms. The molecule has 16 nitrogen and oxygen atoms in total. The van der Waals surface area contributed by atoms with Crippen LogP contribution in [0.5, 0.6) is 0 Å². The Hall–Kier alpha value is -1.02. The molecule has 19 heteroatoms. The SMILES string of the molecule is COC1CC(N=NC2C(O)C3CCC(N=NC4CCC(O)CC4)CC3CC2S(=O)(=O)O)C(O)CC1N=NC1CCC(S(=O)(=O)O)CC1.[Cu]. The summed E-state index contributed by atoms with van der Waals surface area (Å²) in [6.07, 6.45) is 3.93. The molecule has 1 radical (unpaired) electrons. The molecule has 0 saturated heterocycles. The van der Waals surface area contributed by atoms with Gasteiger partial charge in [0.2, 0.25) is 0 Å². The summed E-state index contributed by atoms with van der Waals surface area (Å²) < 4.78 is 73.0. The van der Waals surface area contributed by atoms with Crippen molar-refractivity contribution >= 4 is 20.2 Å². The van der Waals surface area contributed by atoms with Crippen molar-refractivity contribution in [3.05, 3.63) is 0 Å². The van der Waals surface area contributed by atoms with Crippen LogP contribution in [-0.4, -0.2) is 120 Å². The van der Waals surface area contributed by atoms with Crippen LogP contribution in [-0.2, 0) is 42.0 Å². The number of rotatable bonds is 9. The maximum atomic E-state index is 12.5. The molecule has 0 bridgehead atoms. The van der Waals surface area contributed by atoms with Crippen molar-refractivity contribution in [2.24, 2.45) is 42.5 Å². The summed E-state index contributed by atoms with van der Waals surface area (Å²) in [5.74, 6) is -0.435. The fraction of sp³-hybridized carbons (Fsp3) is 1.00. The average molecular weight is 770 g/mol. The summed E-state index contributed by atoms with van der Waals surface area (Å²) in [7, 11) is -7.16. The van der Waals surface area contributed by atoms with Crippen molar-refractivity contribution in [3.63, 3.8) is 0 Å². The summed E-state index contributed by atoms with van der Waals surface area (Å²) in [6, 6.07) is -2.64. The number of hydrogen-bond donors (Lipinski definition) is 5. The molecule has 5 N–H and O–H groups in total. The fourth-order valence-corrected chi connectivity index (χ4v) is 10.1. The normalized spacial score (nSPS) is 43.3. The van der Waals surface area contributed by atoms with Crippen molar-refractivity contribution in [1.82, 2.24) is 0 Å². The standard InChI is InChI=1S/C29H50N6O10S2.Cu/c1-45-26-15-23(25(37)14-24(26)34-31-18-4-9-21(10-5-18)46(39,40)41)33-35-28-27(47(42,43)44)13-16-12-19(6-11-22(16)29(28)38)32-30-17-2-7-20(36)8-3-17;/h16-29,36-38H,2-15H2,1H3,(H,39,40,41)(H,42,43,44);. The third-order valence-corrected chi connectivity index (χ3v) is 13.6. The van der Waals surface area contributed by atoms with Crippen LogP contribution in [0.3, 0.4) is 0 Å². The van der Waals surface area contributed by atoms with Crippen LogP contribution in [0, 0.1) is 11.8 Å². The van der Waals surface area contributed by atoms with E-state index in [1.54, 1.807) is 0 Å². The Balaban J connectivity index is 0.00000520. The first kappa shape index (κ1) is 39.8. The van der Waals surface area contributed by atoms with E-state index in [2.05, 4.69) is 30.7 Å². The summed E-state index contributed by atoms with van der Waals surface area (Å²) in [5, 5.41) is 56.3. The van der Waals surface area contributed by atoms with E-state index >= 15 is 0 Å². The third-order valence-electron chi connectivity index (χ3n) is 11.1. The van der Waals surface area contributed by atoms with Crippen LogP contribution in [0.1, 0.15) is 89.9 Å². The summed E-state index contributed by atoms with van der Waals surface area (Å²) in [5.41, 5.74) is 0. The van der Waals surface area contributed by atoms with Crippen molar-refractivity contribution < 1.29 is 63.1 Å². The molecule has 5 aliphatic rings. The molecule has 279 valence electrons. The minimum absolute atomic E-state index is 0. The van der Waals surface area contributed by atoms with Gasteiger partial charge in [0.15, 0.2) is 0 Å². The van der Waals surface area contributed by atoms with E-state index in [0.717, 1.165) is 12.8 Å². The van der Waals surface area contributed by atoms with Gasteiger partial charge in [-0.1, -0.05) is 0 Å². The van der Waals surface area contributed by atoms with Crippen LogP contribution >= 0.6 is 0 Å². The van der Waals surface area contributed by atoms with Crippen LogP contribution < -0.4 is 0 Å². The number of hydrogen-bond acceptors (Lipinski definition) is 14. The van der Waals surface area contributed by atoms with Crippen molar-refractivity contribution in [2.45, 2.75) is 161 Å². The number of methoxy groups -OCH3 is 1. The van der Waals surface area contributed by atoms with Crippen LogP contribution in [0.4, 0.5) is 0 Å².